The van der Waals surface area contributed by atoms with Crippen molar-refractivity contribution in [1.29, 1.82) is 0 Å². The van der Waals surface area contributed by atoms with E-state index < -0.39 is 11.9 Å². The van der Waals surface area contributed by atoms with E-state index in [9.17, 15) is 18.0 Å². The summed E-state index contributed by atoms with van der Waals surface area (Å²) in [6.45, 7) is 4.83. The third-order valence-corrected chi connectivity index (χ3v) is 3.85. The van der Waals surface area contributed by atoms with Gasteiger partial charge in [-0.15, -0.1) is 11.3 Å². The summed E-state index contributed by atoms with van der Waals surface area (Å²) in [7, 11) is 1.31. The van der Waals surface area contributed by atoms with Gasteiger partial charge in [0.25, 0.3) is 0 Å². The van der Waals surface area contributed by atoms with Crippen LogP contribution in [0.25, 0.3) is 0 Å². The molecule has 0 radical (unpaired) electrons. The van der Waals surface area contributed by atoms with E-state index in [1.807, 2.05) is 6.92 Å². The van der Waals surface area contributed by atoms with Gasteiger partial charge in [0.1, 0.15) is 0 Å². The van der Waals surface area contributed by atoms with E-state index in [1.165, 1.54) is 7.11 Å². The Morgan fingerprint density at radius 1 is 1.46 bits per heavy atom. The predicted octanol–water partition coefficient (Wildman–Crippen LogP) is 2.07. The van der Waals surface area contributed by atoms with Crippen LogP contribution in [-0.4, -0.2) is 43.7 Å². The minimum atomic E-state index is -4.41. The molecule has 0 saturated carbocycles. The van der Waals surface area contributed by atoms with E-state index in [0.717, 1.165) is 16.7 Å². The molecule has 1 aromatic rings. The van der Waals surface area contributed by atoms with Crippen molar-refractivity contribution in [2.75, 3.05) is 26.7 Å². The molecule has 1 atom stereocenters. The Hall–Kier alpha value is -1.84. The van der Waals surface area contributed by atoms with Crippen LogP contribution in [0.2, 0.25) is 0 Å². The molecule has 1 unspecified atom stereocenters. The fraction of sp³-hybridized carbons (Fsp3) is 0.643. The van der Waals surface area contributed by atoms with Crippen molar-refractivity contribution in [3.05, 3.63) is 16.1 Å². The molecule has 1 heterocycles. The second-order valence-corrected chi connectivity index (χ2v) is 5.89. The van der Waals surface area contributed by atoms with Crippen LogP contribution < -0.4 is 10.6 Å². The highest BCUT2D eigenvalue weighted by molar-refractivity contribution is 7.09. The number of nitrogens with zero attached hydrogens (tertiary/aromatic N) is 2. The van der Waals surface area contributed by atoms with Crippen molar-refractivity contribution in [3.63, 3.8) is 0 Å². The smallest absolute Gasteiger partial charge is 0.434 e. The molecule has 0 spiro atoms. The summed E-state index contributed by atoms with van der Waals surface area (Å²) in [5.41, 5.74) is -0.866. The lowest BCUT2D eigenvalue weighted by Crippen LogP contribution is -2.38. The van der Waals surface area contributed by atoms with E-state index in [4.69, 9.17) is 0 Å². The highest BCUT2D eigenvalue weighted by Gasteiger charge is 2.33. The first kappa shape index (κ1) is 20.2. The molecule has 1 rings (SSSR count). The SMILES string of the molecule is CCNC(=NCC(C)C(=O)OC)NCCc1nc(C(F)(F)F)cs1. The fourth-order valence-electron chi connectivity index (χ4n) is 1.69. The monoisotopic (exact) mass is 366 g/mol. The van der Waals surface area contributed by atoms with Crippen LogP contribution in [0, 0.1) is 5.92 Å². The predicted molar refractivity (Wildman–Crippen MR) is 86.0 cm³/mol. The minimum Gasteiger partial charge on any atom is -0.469 e. The Bertz CT molecular complexity index is 560. The Labute approximate surface area is 142 Å². The van der Waals surface area contributed by atoms with Gasteiger partial charge in [-0.3, -0.25) is 9.79 Å². The number of guanidine groups is 1. The van der Waals surface area contributed by atoms with Crippen LogP contribution in [0.3, 0.4) is 0 Å². The van der Waals surface area contributed by atoms with E-state index >= 15 is 0 Å². The van der Waals surface area contributed by atoms with Crippen molar-refractivity contribution in [2.24, 2.45) is 10.9 Å². The normalized spacial score (nSPS) is 13.5. The van der Waals surface area contributed by atoms with Crippen molar-refractivity contribution < 1.29 is 22.7 Å². The third-order valence-electron chi connectivity index (χ3n) is 2.94. The molecule has 24 heavy (non-hydrogen) atoms. The van der Waals surface area contributed by atoms with E-state index in [2.05, 4.69) is 25.3 Å². The lowest BCUT2D eigenvalue weighted by Gasteiger charge is -2.12. The third kappa shape index (κ3) is 6.73. The van der Waals surface area contributed by atoms with Gasteiger partial charge in [0.15, 0.2) is 11.7 Å². The van der Waals surface area contributed by atoms with Gasteiger partial charge in [-0.1, -0.05) is 6.92 Å². The zero-order valence-corrected chi connectivity index (χ0v) is 14.6. The molecule has 0 aromatic carbocycles. The summed E-state index contributed by atoms with van der Waals surface area (Å²) in [4.78, 5) is 19.2. The topological polar surface area (TPSA) is 75.6 Å². The lowest BCUT2D eigenvalue weighted by atomic mass is 10.2. The molecule has 0 fully saturated rings. The van der Waals surface area contributed by atoms with Gasteiger partial charge in [0, 0.05) is 24.9 Å². The summed E-state index contributed by atoms with van der Waals surface area (Å²) < 4.78 is 42.1. The average molecular weight is 366 g/mol. The number of rotatable bonds is 7. The molecule has 0 bridgehead atoms. The maximum Gasteiger partial charge on any atom is 0.434 e. The summed E-state index contributed by atoms with van der Waals surface area (Å²) in [5, 5.41) is 7.41. The van der Waals surface area contributed by atoms with Crippen LogP contribution in [0.15, 0.2) is 10.4 Å². The number of methoxy groups -OCH3 is 1. The van der Waals surface area contributed by atoms with Gasteiger partial charge < -0.3 is 15.4 Å². The Morgan fingerprint density at radius 2 is 2.17 bits per heavy atom. The second kappa shape index (κ2) is 9.45. The van der Waals surface area contributed by atoms with Gasteiger partial charge in [0.2, 0.25) is 0 Å². The quantitative estimate of drug-likeness (QED) is 0.439. The zero-order valence-electron chi connectivity index (χ0n) is 13.7. The minimum absolute atomic E-state index is 0.248. The molecule has 0 saturated heterocycles. The van der Waals surface area contributed by atoms with E-state index in [-0.39, 0.29) is 18.4 Å². The van der Waals surface area contributed by atoms with Crippen LogP contribution in [0.4, 0.5) is 13.2 Å². The van der Waals surface area contributed by atoms with E-state index in [1.54, 1.807) is 6.92 Å². The summed E-state index contributed by atoms with van der Waals surface area (Å²) >= 11 is 0.974. The number of aliphatic imine (C=N–C) groups is 1. The molecular formula is C14H21F3N4O2S. The summed E-state index contributed by atoms with van der Waals surface area (Å²) in [6.07, 6.45) is -4.07. The van der Waals surface area contributed by atoms with Crippen molar-refractivity contribution in [3.8, 4) is 0 Å². The second-order valence-electron chi connectivity index (χ2n) is 4.94. The Morgan fingerprint density at radius 3 is 2.71 bits per heavy atom. The number of esters is 1. The molecule has 6 nitrogen and oxygen atoms in total. The molecule has 136 valence electrons. The largest absolute Gasteiger partial charge is 0.469 e. The number of hydrogen-bond donors (Lipinski definition) is 2. The Balaban J connectivity index is 2.51. The van der Waals surface area contributed by atoms with Crippen LogP contribution >= 0.6 is 11.3 Å². The number of nitrogens with one attached hydrogen (secondary N) is 2. The number of carbonyl (C=O) groups is 1. The van der Waals surface area contributed by atoms with Gasteiger partial charge in [0.05, 0.1) is 24.6 Å². The lowest BCUT2D eigenvalue weighted by molar-refractivity contribution is -0.144. The Kier molecular flexibility index (Phi) is 7.96. The highest BCUT2D eigenvalue weighted by Crippen LogP contribution is 2.29. The van der Waals surface area contributed by atoms with Crippen molar-refractivity contribution in [1.82, 2.24) is 15.6 Å². The number of ether oxygens (including phenoxy) is 1. The standard InChI is InChI=1S/C14H21F3N4O2S/c1-4-18-13(20-7-9(2)12(22)23-3)19-6-5-11-21-10(8-24-11)14(15,16)17/h8-9H,4-7H2,1-3H3,(H2,18,19,20). The van der Waals surface area contributed by atoms with Gasteiger partial charge in [-0.25, -0.2) is 4.98 Å². The molecule has 1 aromatic heterocycles. The first-order valence-corrected chi connectivity index (χ1v) is 8.27. The number of aromatic nitrogens is 1. The average Bonchev–Trinajstić information content (AvgIpc) is 3.00. The van der Waals surface area contributed by atoms with Crippen LogP contribution in [-0.2, 0) is 22.1 Å². The number of carbonyl (C=O) groups excluding carboxylic acids is 1. The van der Waals surface area contributed by atoms with Crippen LogP contribution in [0.1, 0.15) is 24.5 Å². The molecule has 0 aliphatic carbocycles. The summed E-state index contributed by atoms with van der Waals surface area (Å²) in [6, 6.07) is 0. The van der Waals surface area contributed by atoms with Gasteiger partial charge in [-0.05, 0) is 6.92 Å². The molecule has 0 amide bonds. The first-order chi connectivity index (χ1) is 11.3. The first-order valence-electron chi connectivity index (χ1n) is 7.39. The van der Waals surface area contributed by atoms with Gasteiger partial charge in [-0.2, -0.15) is 13.2 Å². The molecule has 2 N–H and O–H groups in total. The van der Waals surface area contributed by atoms with E-state index in [0.29, 0.717) is 30.5 Å². The molecular weight excluding hydrogens is 345 g/mol. The zero-order chi connectivity index (χ0) is 18.2. The van der Waals surface area contributed by atoms with Gasteiger partial charge >= 0.3 is 12.1 Å². The molecule has 10 heteroatoms. The molecule has 0 aliphatic heterocycles. The maximum atomic E-state index is 12.5. The van der Waals surface area contributed by atoms with Crippen molar-refractivity contribution in [2.45, 2.75) is 26.4 Å². The summed E-state index contributed by atoms with van der Waals surface area (Å²) in [5.74, 6) is -0.239. The highest BCUT2D eigenvalue weighted by atomic mass is 32.1. The van der Waals surface area contributed by atoms with Crippen molar-refractivity contribution >= 4 is 23.3 Å². The maximum absolute atomic E-state index is 12.5. The molecule has 0 aliphatic rings. The fourth-order valence-corrected chi connectivity index (χ4v) is 2.49. The number of alkyl halides is 3. The number of hydrogen-bond acceptors (Lipinski definition) is 5. The van der Waals surface area contributed by atoms with Crippen LogP contribution in [0.5, 0.6) is 0 Å². The number of halogens is 3. The number of thiazole rings is 1.